The molecule has 0 saturated heterocycles. The van der Waals surface area contributed by atoms with Gasteiger partial charge in [0.25, 0.3) is 5.91 Å². The predicted octanol–water partition coefficient (Wildman–Crippen LogP) is 3.82. The van der Waals surface area contributed by atoms with E-state index in [-0.39, 0.29) is 17.1 Å². The van der Waals surface area contributed by atoms with Gasteiger partial charge in [0, 0.05) is 16.9 Å². The van der Waals surface area contributed by atoms with Gasteiger partial charge >= 0.3 is 0 Å². The second-order valence-electron chi connectivity index (χ2n) is 4.62. The molecule has 2 heterocycles. The number of aromatic nitrogens is 2. The molecule has 0 radical (unpaired) electrons. The Kier molecular flexibility index (Phi) is 4.13. The van der Waals surface area contributed by atoms with Crippen LogP contribution in [0.2, 0.25) is 5.02 Å². The number of benzene rings is 1. The summed E-state index contributed by atoms with van der Waals surface area (Å²) in [5.74, 6) is -1.22. The molecule has 0 unspecified atom stereocenters. The quantitative estimate of drug-likeness (QED) is 0.748. The first-order valence-corrected chi connectivity index (χ1v) is 7.57. The number of rotatable bonds is 3. The number of carbonyl (C=O) groups is 1. The zero-order chi connectivity index (χ0) is 15.7. The number of hydrogen-bond acceptors (Lipinski definition) is 2. The summed E-state index contributed by atoms with van der Waals surface area (Å²) in [6.07, 6.45) is 3.66. The maximum atomic E-state index is 13.7. The fraction of sp³-hybridized carbons (Fsp3) is 0.0667. The molecule has 112 valence electrons. The molecule has 0 aliphatic rings. The van der Waals surface area contributed by atoms with E-state index in [1.807, 2.05) is 22.7 Å². The van der Waals surface area contributed by atoms with Crippen molar-refractivity contribution in [1.29, 1.82) is 0 Å². The van der Waals surface area contributed by atoms with E-state index in [0.717, 1.165) is 10.1 Å². The van der Waals surface area contributed by atoms with Crippen LogP contribution < -0.4 is 5.32 Å². The molecule has 0 atom stereocenters. The molecule has 0 aliphatic carbocycles. The Bertz CT molecular complexity index is 845. The van der Waals surface area contributed by atoms with Crippen LogP contribution in [0.15, 0.2) is 47.2 Å². The number of nitrogens with zero attached hydrogens (tertiary/aromatic N) is 2. The van der Waals surface area contributed by atoms with Crippen molar-refractivity contribution in [1.82, 2.24) is 14.7 Å². The van der Waals surface area contributed by atoms with Crippen molar-refractivity contribution in [3.8, 4) is 0 Å². The number of amides is 1. The minimum Gasteiger partial charge on any atom is -0.346 e. The predicted molar refractivity (Wildman–Crippen MR) is 85.5 cm³/mol. The van der Waals surface area contributed by atoms with Gasteiger partial charge in [-0.15, -0.1) is 0 Å². The maximum absolute atomic E-state index is 13.7. The van der Waals surface area contributed by atoms with Crippen LogP contribution in [-0.2, 0) is 6.54 Å². The lowest BCUT2D eigenvalue weighted by Gasteiger charge is -2.06. The molecule has 22 heavy (non-hydrogen) atoms. The van der Waals surface area contributed by atoms with Crippen LogP contribution >= 0.6 is 27.5 Å². The van der Waals surface area contributed by atoms with Gasteiger partial charge in [-0.2, -0.15) is 0 Å². The number of pyridine rings is 1. The standard InChI is InChI=1S/C15H10BrClFN3O/c16-9-4-5-13-20-10(8-21(13)7-9)6-19-15(22)14-11(17)2-1-3-12(14)18/h1-5,7-8H,6H2,(H,19,22). The molecule has 4 nitrogen and oxygen atoms in total. The van der Waals surface area contributed by atoms with Crippen molar-refractivity contribution in [3.63, 3.8) is 0 Å². The van der Waals surface area contributed by atoms with Crippen molar-refractivity contribution >= 4 is 39.1 Å². The van der Waals surface area contributed by atoms with Gasteiger partial charge in [-0.05, 0) is 40.2 Å². The van der Waals surface area contributed by atoms with Crippen LogP contribution in [0.25, 0.3) is 5.65 Å². The summed E-state index contributed by atoms with van der Waals surface area (Å²) in [6, 6.07) is 7.85. The van der Waals surface area contributed by atoms with E-state index < -0.39 is 11.7 Å². The summed E-state index contributed by atoms with van der Waals surface area (Å²) in [4.78, 5) is 16.4. The van der Waals surface area contributed by atoms with Gasteiger partial charge < -0.3 is 9.72 Å². The van der Waals surface area contributed by atoms with Gasteiger partial charge in [0.15, 0.2) is 0 Å². The van der Waals surface area contributed by atoms with E-state index in [2.05, 4.69) is 26.2 Å². The molecule has 1 aromatic carbocycles. The lowest BCUT2D eigenvalue weighted by molar-refractivity contribution is 0.0946. The van der Waals surface area contributed by atoms with E-state index in [1.54, 1.807) is 6.20 Å². The van der Waals surface area contributed by atoms with E-state index in [9.17, 15) is 9.18 Å². The van der Waals surface area contributed by atoms with Crippen LogP contribution in [0.5, 0.6) is 0 Å². The molecule has 3 rings (SSSR count). The summed E-state index contributed by atoms with van der Waals surface area (Å²) in [6.45, 7) is 0.183. The largest absolute Gasteiger partial charge is 0.346 e. The van der Waals surface area contributed by atoms with Crippen molar-refractivity contribution in [2.24, 2.45) is 0 Å². The third-order valence-electron chi connectivity index (χ3n) is 3.08. The van der Waals surface area contributed by atoms with Crippen molar-refractivity contribution in [3.05, 3.63) is 69.3 Å². The summed E-state index contributed by atoms with van der Waals surface area (Å²) < 4.78 is 16.4. The zero-order valence-corrected chi connectivity index (χ0v) is 13.5. The fourth-order valence-electron chi connectivity index (χ4n) is 2.08. The van der Waals surface area contributed by atoms with Crippen LogP contribution in [0.1, 0.15) is 16.1 Å². The van der Waals surface area contributed by atoms with Gasteiger partial charge in [-0.1, -0.05) is 17.7 Å². The third kappa shape index (κ3) is 2.98. The number of nitrogens with one attached hydrogen (secondary N) is 1. The third-order valence-corrected chi connectivity index (χ3v) is 3.87. The fourth-order valence-corrected chi connectivity index (χ4v) is 2.68. The second-order valence-corrected chi connectivity index (χ2v) is 5.95. The Morgan fingerprint density at radius 2 is 2.14 bits per heavy atom. The van der Waals surface area contributed by atoms with Crippen LogP contribution in [0, 0.1) is 5.82 Å². The molecule has 0 spiro atoms. The van der Waals surface area contributed by atoms with Gasteiger partial charge in [0.1, 0.15) is 11.5 Å². The molecule has 0 saturated carbocycles. The monoisotopic (exact) mass is 381 g/mol. The van der Waals surface area contributed by atoms with Crippen molar-refractivity contribution in [2.75, 3.05) is 0 Å². The summed E-state index contributed by atoms with van der Waals surface area (Å²) in [7, 11) is 0. The average molecular weight is 383 g/mol. The molecule has 0 aliphatic heterocycles. The Hall–Kier alpha value is -1.92. The smallest absolute Gasteiger partial charge is 0.256 e. The molecule has 3 aromatic rings. The Morgan fingerprint density at radius 3 is 2.91 bits per heavy atom. The Balaban J connectivity index is 1.77. The van der Waals surface area contributed by atoms with Crippen LogP contribution in [-0.4, -0.2) is 15.3 Å². The first kappa shape index (κ1) is 15.0. The van der Waals surface area contributed by atoms with Gasteiger partial charge in [0.05, 0.1) is 22.8 Å². The first-order chi connectivity index (χ1) is 10.5. The van der Waals surface area contributed by atoms with Crippen LogP contribution in [0.4, 0.5) is 4.39 Å². The second kappa shape index (κ2) is 6.06. The van der Waals surface area contributed by atoms with Gasteiger partial charge in [0.2, 0.25) is 0 Å². The van der Waals surface area contributed by atoms with Crippen molar-refractivity contribution < 1.29 is 9.18 Å². The summed E-state index contributed by atoms with van der Waals surface area (Å²) in [5.41, 5.74) is 1.27. The highest BCUT2D eigenvalue weighted by atomic mass is 79.9. The molecular formula is C15H10BrClFN3O. The van der Waals surface area contributed by atoms with Gasteiger partial charge in [-0.25, -0.2) is 9.37 Å². The number of fused-ring (bicyclic) bond motifs is 1. The molecule has 1 amide bonds. The Morgan fingerprint density at radius 1 is 1.32 bits per heavy atom. The average Bonchev–Trinajstić information content (AvgIpc) is 2.87. The highest BCUT2D eigenvalue weighted by Gasteiger charge is 2.15. The Labute approximate surface area is 139 Å². The van der Waals surface area contributed by atoms with E-state index >= 15 is 0 Å². The van der Waals surface area contributed by atoms with Crippen LogP contribution in [0.3, 0.4) is 0 Å². The number of hydrogen-bond donors (Lipinski definition) is 1. The minimum atomic E-state index is -0.649. The molecule has 0 bridgehead atoms. The van der Waals surface area contributed by atoms with Gasteiger partial charge in [-0.3, -0.25) is 4.79 Å². The summed E-state index contributed by atoms with van der Waals surface area (Å²) in [5, 5.41) is 2.70. The topological polar surface area (TPSA) is 46.4 Å². The minimum absolute atomic E-state index is 0.0800. The molecule has 2 aromatic heterocycles. The molecule has 1 N–H and O–H groups in total. The zero-order valence-electron chi connectivity index (χ0n) is 11.2. The van der Waals surface area contributed by atoms with E-state index in [0.29, 0.717) is 5.69 Å². The van der Waals surface area contributed by atoms with E-state index in [1.165, 1.54) is 18.2 Å². The molecule has 7 heteroatoms. The highest BCUT2D eigenvalue weighted by molar-refractivity contribution is 9.10. The van der Waals surface area contributed by atoms with Crippen molar-refractivity contribution in [2.45, 2.75) is 6.54 Å². The maximum Gasteiger partial charge on any atom is 0.256 e. The normalized spacial score (nSPS) is 10.9. The molecular weight excluding hydrogens is 373 g/mol. The number of carbonyl (C=O) groups excluding carboxylic acids is 1. The van der Waals surface area contributed by atoms with E-state index in [4.69, 9.17) is 11.6 Å². The number of halogens is 3. The highest BCUT2D eigenvalue weighted by Crippen LogP contribution is 2.19. The SMILES string of the molecule is O=C(NCc1cn2cc(Br)ccc2n1)c1c(F)cccc1Cl. The lowest BCUT2D eigenvalue weighted by Crippen LogP contribution is -2.24. The molecule has 0 fully saturated rings. The first-order valence-electron chi connectivity index (χ1n) is 6.40. The summed E-state index contributed by atoms with van der Waals surface area (Å²) >= 11 is 9.24. The lowest BCUT2D eigenvalue weighted by atomic mass is 10.2. The number of imidazole rings is 1.